The minimum Gasteiger partial charge on any atom is -0.496 e. The van der Waals surface area contributed by atoms with E-state index < -0.39 is 23.9 Å². The second-order valence-corrected chi connectivity index (χ2v) is 6.23. The number of rotatable bonds is 4. The molecule has 1 aromatic carbocycles. The number of aliphatic hydroxyl groups is 1. The first-order valence-electron chi connectivity index (χ1n) is 7.91. The molecule has 2 aliphatic rings. The van der Waals surface area contributed by atoms with Gasteiger partial charge in [0, 0.05) is 17.7 Å². The van der Waals surface area contributed by atoms with Crippen LogP contribution in [0.4, 0.5) is 0 Å². The summed E-state index contributed by atoms with van der Waals surface area (Å²) in [5.41, 5.74) is 1.33. The van der Waals surface area contributed by atoms with E-state index in [4.69, 9.17) is 14.6 Å². The van der Waals surface area contributed by atoms with Gasteiger partial charge in [0.2, 0.25) is 5.91 Å². The summed E-state index contributed by atoms with van der Waals surface area (Å²) >= 11 is 0. The number of aliphatic carboxylic acids is 1. The molecule has 1 aliphatic carbocycles. The normalized spacial score (nSPS) is 25.5. The molecular formula is C17H21NO6. The quantitative estimate of drug-likeness (QED) is 0.858. The molecule has 1 heterocycles. The molecule has 2 N–H and O–H groups in total. The van der Waals surface area contributed by atoms with E-state index >= 15 is 0 Å². The monoisotopic (exact) mass is 335 g/mol. The van der Waals surface area contributed by atoms with Crippen molar-refractivity contribution in [3.63, 3.8) is 0 Å². The Hall–Kier alpha value is -2.28. The number of β-amino-alcohol motifs (C(OH)–C–C–N with tert-alkyl or cyclic N) is 1. The molecule has 7 nitrogen and oxygen atoms in total. The van der Waals surface area contributed by atoms with Crippen LogP contribution in [0.25, 0.3) is 0 Å². The third-order valence-corrected chi connectivity index (χ3v) is 5.01. The van der Waals surface area contributed by atoms with Crippen LogP contribution in [-0.2, 0) is 16.1 Å². The van der Waals surface area contributed by atoms with Crippen molar-refractivity contribution in [2.24, 2.45) is 11.8 Å². The van der Waals surface area contributed by atoms with E-state index in [2.05, 4.69) is 0 Å². The Morgan fingerprint density at radius 3 is 2.29 bits per heavy atom. The van der Waals surface area contributed by atoms with E-state index in [0.29, 0.717) is 35.5 Å². The smallest absolute Gasteiger partial charge is 0.307 e. The van der Waals surface area contributed by atoms with Gasteiger partial charge in [0.25, 0.3) is 0 Å². The molecule has 0 spiro atoms. The average molecular weight is 335 g/mol. The Bertz CT molecular complexity index is 673. The van der Waals surface area contributed by atoms with Crippen LogP contribution in [0.3, 0.4) is 0 Å². The van der Waals surface area contributed by atoms with Crippen LogP contribution < -0.4 is 9.47 Å². The average Bonchev–Trinajstić information content (AvgIpc) is 2.51. The number of hydrogen-bond acceptors (Lipinski definition) is 5. The number of benzene rings is 1. The summed E-state index contributed by atoms with van der Waals surface area (Å²) in [4.78, 5) is 25.4. The topological polar surface area (TPSA) is 96.3 Å². The molecule has 1 fully saturated rings. The van der Waals surface area contributed by atoms with E-state index in [0.717, 1.165) is 0 Å². The highest BCUT2D eigenvalue weighted by Crippen LogP contribution is 2.42. The molecule has 0 bridgehead atoms. The van der Waals surface area contributed by atoms with Crippen LogP contribution in [0.2, 0.25) is 0 Å². The predicted octanol–water partition coefficient (Wildman–Crippen LogP) is 1.19. The Kier molecular flexibility index (Phi) is 4.36. The van der Waals surface area contributed by atoms with E-state index in [-0.39, 0.29) is 19.0 Å². The largest absolute Gasteiger partial charge is 0.496 e. The summed E-state index contributed by atoms with van der Waals surface area (Å²) < 4.78 is 10.7. The summed E-state index contributed by atoms with van der Waals surface area (Å²) in [7, 11) is 3.06. The zero-order chi connectivity index (χ0) is 17.4. The summed E-state index contributed by atoms with van der Waals surface area (Å²) in [6, 6.07) is 3.46. The highest BCUT2D eigenvalue weighted by Gasteiger charge is 2.44. The number of carboxylic acids is 1. The first-order valence-corrected chi connectivity index (χ1v) is 7.91. The van der Waals surface area contributed by atoms with Crippen LogP contribution in [-0.4, -0.2) is 47.8 Å². The molecular weight excluding hydrogens is 314 g/mol. The van der Waals surface area contributed by atoms with Crippen LogP contribution in [0.5, 0.6) is 11.5 Å². The van der Waals surface area contributed by atoms with Gasteiger partial charge in [-0.1, -0.05) is 0 Å². The second kappa shape index (κ2) is 6.32. The summed E-state index contributed by atoms with van der Waals surface area (Å²) in [5.74, 6) is -1.15. The van der Waals surface area contributed by atoms with Gasteiger partial charge in [-0.3, -0.25) is 9.59 Å². The van der Waals surface area contributed by atoms with E-state index in [9.17, 15) is 14.7 Å². The van der Waals surface area contributed by atoms with Crippen molar-refractivity contribution in [1.82, 2.24) is 4.90 Å². The Morgan fingerprint density at radius 2 is 1.75 bits per heavy atom. The third kappa shape index (κ3) is 2.58. The number of hydrogen-bond donors (Lipinski definition) is 2. The molecule has 1 saturated carbocycles. The first kappa shape index (κ1) is 16.6. The molecule has 1 amide bonds. The molecule has 3 unspecified atom stereocenters. The molecule has 7 heteroatoms. The Balaban J connectivity index is 1.89. The number of carbonyl (C=O) groups is 2. The summed E-state index contributed by atoms with van der Waals surface area (Å²) in [6.07, 6.45) is 0.200. The standard InChI is InChI=1S/C17H21NO6/c1-23-13-5-6-14(24-2)15-11(13)7-18(8-12(15)19)16(20)9-3-4-10(9)17(21)22/h5-6,9-10,12,19H,3-4,7-8H2,1-2H3,(H,21,22). The Morgan fingerprint density at radius 1 is 1.12 bits per heavy atom. The van der Waals surface area contributed by atoms with Crippen molar-refractivity contribution in [3.05, 3.63) is 23.3 Å². The van der Waals surface area contributed by atoms with Gasteiger partial charge in [0.15, 0.2) is 0 Å². The first-order chi connectivity index (χ1) is 11.5. The van der Waals surface area contributed by atoms with Crippen LogP contribution in [0.15, 0.2) is 12.1 Å². The van der Waals surface area contributed by atoms with Crippen molar-refractivity contribution in [2.45, 2.75) is 25.5 Å². The number of carboxylic acid groups (broad SMARTS) is 1. The molecule has 0 saturated heterocycles. The molecule has 3 atom stereocenters. The lowest BCUT2D eigenvalue weighted by atomic mass is 9.72. The molecule has 0 aromatic heterocycles. The number of aliphatic hydroxyl groups excluding tert-OH is 1. The van der Waals surface area contributed by atoms with E-state index in [1.807, 2.05) is 0 Å². The van der Waals surface area contributed by atoms with Gasteiger partial charge in [0.1, 0.15) is 17.6 Å². The highest BCUT2D eigenvalue weighted by atomic mass is 16.5. The van der Waals surface area contributed by atoms with Crippen LogP contribution >= 0.6 is 0 Å². The fourth-order valence-corrected chi connectivity index (χ4v) is 3.57. The zero-order valence-electron chi connectivity index (χ0n) is 13.7. The lowest BCUT2D eigenvalue weighted by Gasteiger charge is -2.40. The van der Waals surface area contributed by atoms with E-state index in [1.165, 1.54) is 19.1 Å². The van der Waals surface area contributed by atoms with Gasteiger partial charge in [-0.25, -0.2) is 0 Å². The maximum absolute atomic E-state index is 12.7. The van der Waals surface area contributed by atoms with Gasteiger partial charge >= 0.3 is 5.97 Å². The fourth-order valence-electron chi connectivity index (χ4n) is 3.57. The molecule has 0 radical (unpaired) electrons. The van der Waals surface area contributed by atoms with Gasteiger partial charge in [-0.2, -0.15) is 0 Å². The number of nitrogens with zero attached hydrogens (tertiary/aromatic N) is 1. The lowest BCUT2D eigenvalue weighted by molar-refractivity contribution is -0.157. The summed E-state index contributed by atoms with van der Waals surface area (Å²) in [6.45, 7) is 0.395. The predicted molar refractivity (Wildman–Crippen MR) is 83.8 cm³/mol. The zero-order valence-corrected chi connectivity index (χ0v) is 13.7. The molecule has 1 aromatic rings. The van der Waals surface area contributed by atoms with E-state index in [1.54, 1.807) is 12.1 Å². The third-order valence-electron chi connectivity index (χ3n) is 5.01. The number of carbonyl (C=O) groups excluding carboxylic acids is 1. The second-order valence-electron chi connectivity index (χ2n) is 6.23. The number of fused-ring (bicyclic) bond motifs is 1. The van der Waals surface area contributed by atoms with Crippen LogP contribution in [0.1, 0.15) is 30.1 Å². The van der Waals surface area contributed by atoms with Crippen molar-refractivity contribution in [3.8, 4) is 11.5 Å². The number of ether oxygens (including phenoxy) is 2. The maximum Gasteiger partial charge on any atom is 0.307 e. The van der Waals surface area contributed by atoms with Gasteiger partial charge < -0.3 is 24.6 Å². The van der Waals surface area contributed by atoms with Gasteiger partial charge in [0.05, 0.1) is 32.6 Å². The SMILES string of the molecule is COc1ccc(OC)c2c1CN(C(=O)C1CCC1C(=O)O)CC2O. The van der Waals surface area contributed by atoms with Crippen molar-refractivity contribution >= 4 is 11.9 Å². The molecule has 1 aliphatic heterocycles. The highest BCUT2D eigenvalue weighted by molar-refractivity contribution is 5.86. The Labute approximate surface area is 139 Å². The fraction of sp³-hybridized carbons (Fsp3) is 0.529. The minimum atomic E-state index is -0.934. The summed E-state index contributed by atoms with van der Waals surface area (Å²) in [5, 5.41) is 19.7. The number of methoxy groups -OCH3 is 2. The lowest BCUT2D eigenvalue weighted by Crippen LogP contribution is -2.48. The molecule has 24 heavy (non-hydrogen) atoms. The van der Waals surface area contributed by atoms with Crippen molar-refractivity contribution < 1.29 is 29.3 Å². The van der Waals surface area contributed by atoms with Crippen molar-refractivity contribution in [2.75, 3.05) is 20.8 Å². The van der Waals surface area contributed by atoms with Crippen LogP contribution in [0, 0.1) is 11.8 Å². The maximum atomic E-state index is 12.7. The van der Waals surface area contributed by atoms with Crippen molar-refractivity contribution in [1.29, 1.82) is 0 Å². The molecule has 3 rings (SSSR count). The number of amides is 1. The minimum absolute atomic E-state index is 0.123. The molecule has 130 valence electrons. The van der Waals surface area contributed by atoms with Gasteiger partial charge in [-0.05, 0) is 25.0 Å². The van der Waals surface area contributed by atoms with Gasteiger partial charge in [-0.15, -0.1) is 0 Å².